The van der Waals surface area contributed by atoms with Gasteiger partial charge in [0.1, 0.15) is 14.5 Å². The zero-order valence-electron chi connectivity index (χ0n) is 8.49. The van der Waals surface area contributed by atoms with Gasteiger partial charge in [0.25, 0.3) is 0 Å². The number of benzene rings is 1. The lowest BCUT2D eigenvalue weighted by Crippen LogP contribution is -2.16. The highest BCUT2D eigenvalue weighted by atomic mass is 16.5. The molecule has 0 aromatic heterocycles. The number of ketones is 1. The summed E-state index contributed by atoms with van der Waals surface area (Å²) in [5.74, 6) is -0.0274. The Morgan fingerprint density at radius 3 is 2.71 bits per heavy atom. The summed E-state index contributed by atoms with van der Waals surface area (Å²) in [7, 11) is 5.38. The Morgan fingerprint density at radius 2 is 2.14 bits per heavy atom. The van der Waals surface area contributed by atoms with E-state index in [-0.39, 0.29) is 12.4 Å². The minimum atomic E-state index is -0.400. The van der Waals surface area contributed by atoms with Gasteiger partial charge in [0.2, 0.25) is 0 Å². The van der Waals surface area contributed by atoms with E-state index in [1.165, 1.54) is 0 Å². The van der Waals surface area contributed by atoms with Gasteiger partial charge in [-0.2, -0.15) is 0 Å². The molecule has 1 aromatic carbocycles. The van der Waals surface area contributed by atoms with Crippen LogP contribution < -0.4 is 0 Å². The van der Waals surface area contributed by atoms with Gasteiger partial charge in [-0.1, -0.05) is 24.3 Å². The third-order valence-corrected chi connectivity index (χ3v) is 1.92. The molecule has 0 saturated carbocycles. The Bertz CT molecular complexity index is 321. The lowest BCUT2D eigenvalue weighted by molar-refractivity contribution is 0.0721. The zero-order valence-corrected chi connectivity index (χ0v) is 8.49. The molecular weight excluding hydrogens is 175 g/mol. The summed E-state index contributed by atoms with van der Waals surface area (Å²) in [6, 6.07) is 7.04. The Balaban J connectivity index is 2.65. The number of hydrogen-bond donors (Lipinski definition) is 0. The molecule has 72 valence electrons. The van der Waals surface area contributed by atoms with E-state index in [0.717, 1.165) is 5.56 Å². The summed E-state index contributed by atoms with van der Waals surface area (Å²) in [6.45, 7) is 3.65. The molecule has 14 heavy (non-hydrogen) atoms. The predicted octanol–water partition coefficient (Wildman–Crippen LogP) is 1.71. The molecule has 0 amide bonds. The molecule has 1 rings (SSSR count). The molecule has 1 unspecified atom stereocenters. The van der Waals surface area contributed by atoms with Crippen molar-refractivity contribution in [2.24, 2.45) is 0 Å². The van der Waals surface area contributed by atoms with Crippen molar-refractivity contribution in [1.29, 1.82) is 0 Å². The van der Waals surface area contributed by atoms with Crippen molar-refractivity contribution < 1.29 is 9.53 Å². The summed E-state index contributed by atoms with van der Waals surface area (Å²) < 4.78 is 5.04. The second-order valence-corrected chi connectivity index (χ2v) is 3.25. The molecule has 0 spiro atoms. The lowest BCUT2D eigenvalue weighted by atomic mass is 10.0. The van der Waals surface area contributed by atoms with Crippen LogP contribution in [-0.4, -0.2) is 26.2 Å². The molecule has 1 atom stereocenters. The van der Waals surface area contributed by atoms with E-state index in [4.69, 9.17) is 12.6 Å². The zero-order chi connectivity index (χ0) is 10.6. The standard InChI is InChI=1S/C11H13BO2/c1-8-5-3-4-6-10(8)11(13)7-14-9(2)12/h3-6,9H,7H2,1-2H3. The van der Waals surface area contributed by atoms with Crippen LogP contribution in [0.4, 0.5) is 0 Å². The highest BCUT2D eigenvalue weighted by Gasteiger charge is 2.08. The van der Waals surface area contributed by atoms with Crippen molar-refractivity contribution in [2.45, 2.75) is 19.9 Å². The van der Waals surface area contributed by atoms with E-state index in [0.29, 0.717) is 5.56 Å². The summed E-state index contributed by atoms with van der Waals surface area (Å²) >= 11 is 0. The molecule has 1 aromatic rings. The van der Waals surface area contributed by atoms with Crippen LogP contribution in [0, 0.1) is 6.92 Å². The summed E-state index contributed by atoms with van der Waals surface area (Å²) in [6.07, 6.45) is 0. The van der Waals surface area contributed by atoms with Crippen LogP contribution in [0.2, 0.25) is 0 Å². The Kier molecular flexibility index (Phi) is 3.90. The minimum Gasteiger partial charge on any atom is -0.380 e. The molecule has 0 aliphatic heterocycles. The number of ether oxygens (including phenoxy) is 1. The Labute approximate surface area is 85.7 Å². The van der Waals surface area contributed by atoms with E-state index in [1.54, 1.807) is 13.0 Å². The summed E-state index contributed by atoms with van der Waals surface area (Å²) in [4.78, 5) is 11.6. The average molecular weight is 188 g/mol. The number of carbonyl (C=O) groups is 1. The van der Waals surface area contributed by atoms with Crippen LogP contribution in [0.25, 0.3) is 0 Å². The van der Waals surface area contributed by atoms with Crippen LogP contribution in [-0.2, 0) is 4.74 Å². The number of hydrogen-bond acceptors (Lipinski definition) is 2. The number of aryl methyl sites for hydroxylation is 1. The van der Waals surface area contributed by atoms with Crippen molar-refractivity contribution in [1.82, 2.24) is 0 Å². The highest BCUT2D eigenvalue weighted by molar-refractivity contribution is 6.10. The van der Waals surface area contributed by atoms with Gasteiger partial charge in [-0.25, -0.2) is 0 Å². The number of Topliss-reactive ketones (excluding diaryl/α,β-unsaturated/α-hetero) is 1. The number of rotatable bonds is 4. The first-order valence-electron chi connectivity index (χ1n) is 4.57. The van der Waals surface area contributed by atoms with Crippen LogP contribution in [0.1, 0.15) is 22.8 Å². The summed E-state index contributed by atoms with van der Waals surface area (Å²) in [5.41, 5.74) is 1.67. The maximum Gasteiger partial charge on any atom is 0.188 e. The van der Waals surface area contributed by atoms with Gasteiger partial charge in [0.05, 0.1) is 0 Å². The molecule has 2 radical (unpaired) electrons. The molecule has 0 fully saturated rings. The second-order valence-electron chi connectivity index (χ2n) is 3.25. The van der Waals surface area contributed by atoms with Crippen molar-refractivity contribution in [3.8, 4) is 0 Å². The fourth-order valence-corrected chi connectivity index (χ4v) is 1.17. The van der Waals surface area contributed by atoms with Crippen molar-refractivity contribution in [3.63, 3.8) is 0 Å². The smallest absolute Gasteiger partial charge is 0.188 e. The third-order valence-electron chi connectivity index (χ3n) is 1.92. The fraction of sp³-hybridized carbons (Fsp3) is 0.364. The molecule has 0 aliphatic rings. The average Bonchev–Trinajstić information content (AvgIpc) is 2.15. The van der Waals surface area contributed by atoms with Gasteiger partial charge < -0.3 is 4.74 Å². The summed E-state index contributed by atoms with van der Waals surface area (Å²) in [5, 5.41) is 0. The first kappa shape index (κ1) is 11.0. The highest BCUT2D eigenvalue weighted by Crippen LogP contribution is 2.08. The minimum absolute atomic E-state index is 0.0274. The van der Waals surface area contributed by atoms with Gasteiger partial charge in [-0.05, 0) is 19.4 Å². The molecule has 0 bridgehead atoms. The van der Waals surface area contributed by atoms with Gasteiger partial charge in [-0.15, -0.1) is 0 Å². The molecular formula is C11H13BO2. The molecule has 0 saturated heterocycles. The maximum absolute atomic E-state index is 11.6. The van der Waals surface area contributed by atoms with Gasteiger partial charge in [0.15, 0.2) is 5.78 Å². The SMILES string of the molecule is [B]C(C)OCC(=O)c1ccccc1C. The van der Waals surface area contributed by atoms with Crippen molar-refractivity contribution >= 4 is 13.6 Å². The Hall–Kier alpha value is -1.09. The first-order chi connectivity index (χ1) is 6.61. The molecule has 0 aliphatic carbocycles. The number of carbonyl (C=O) groups excluding carboxylic acids is 1. The van der Waals surface area contributed by atoms with Crippen molar-refractivity contribution in [2.75, 3.05) is 6.61 Å². The first-order valence-corrected chi connectivity index (χ1v) is 4.57. The Morgan fingerprint density at radius 1 is 1.50 bits per heavy atom. The largest absolute Gasteiger partial charge is 0.380 e. The van der Waals surface area contributed by atoms with Crippen molar-refractivity contribution in [3.05, 3.63) is 35.4 Å². The fourth-order valence-electron chi connectivity index (χ4n) is 1.17. The van der Waals surface area contributed by atoms with Crippen LogP contribution in [0.3, 0.4) is 0 Å². The van der Waals surface area contributed by atoms with Gasteiger partial charge in [0, 0.05) is 11.6 Å². The van der Waals surface area contributed by atoms with E-state index < -0.39 is 6.00 Å². The van der Waals surface area contributed by atoms with E-state index in [1.807, 2.05) is 25.1 Å². The second kappa shape index (κ2) is 4.96. The van der Waals surface area contributed by atoms with Crippen LogP contribution in [0.5, 0.6) is 0 Å². The van der Waals surface area contributed by atoms with E-state index in [9.17, 15) is 4.79 Å². The molecule has 2 nitrogen and oxygen atoms in total. The van der Waals surface area contributed by atoms with Gasteiger partial charge >= 0.3 is 0 Å². The van der Waals surface area contributed by atoms with Gasteiger partial charge in [-0.3, -0.25) is 4.79 Å². The molecule has 3 heteroatoms. The van der Waals surface area contributed by atoms with E-state index >= 15 is 0 Å². The molecule has 0 heterocycles. The third kappa shape index (κ3) is 3.00. The van der Waals surface area contributed by atoms with Crippen LogP contribution in [0.15, 0.2) is 24.3 Å². The van der Waals surface area contributed by atoms with Crippen LogP contribution >= 0.6 is 0 Å². The topological polar surface area (TPSA) is 26.3 Å². The normalized spacial score (nSPS) is 12.4. The monoisotopic (exact) mass is 188 g/mol. The lowest BCUT2D eigenvalue weighted by Gasteiger charge is -2.08. The molecule has 0 N–H and O–H groups in total. The predicted molar refractivity (Wildman–Crippen MR) is 56.7 cm³/mol. The maximum atomic E-state index is 11.6. The quantitative estimate of drug-likeness (QED) is 0.531. The van der Waals surface area contributed by atoms with E-state index in [2.05, 4.69) is 0 Å².